The van der Waals surface area contributed by atoms with Gasteiger partial charge in [0.1, 0.15) is 18.5 Å². The van der Waals surface area contributed by atoms with Gasteiger partial charge >= 0.3 is 6.18 Å². The summed E-state index contributed by atoms with van der Waals surface area (Å²) < 4.78 is 103. The van der Waals surface area contributed by atoms with E-state index in [4.69, 9.17) is 9.47 Å². The normalized spacial score (nSPS) is 20.9. The minimum absolute atomic E-state index is 0.0528. The molecule has 1 aliphatic carbocycles. The van der Waals surface area contributed by atoms with Crippen molar-refractivity contribution in [3.05, 3.63) is 78.4 Å². The van der Waals surface area contributed by atoms with Crippen LogP contribution < -0.4 is 15.4 Å². The molecule has 1 spiro atoms. The van der Waals surface area contributed by atoms with Crippen LogP contribution >= 0.6 is 0 Å². The van der Waals surface area contributed by atoms with Crippen molar-refractivity contribution < 1.29 is 49.7 Å². The van der Waals surface area contributed by atoms with Crippen molar-refractivity contribution in [2.75, 3.05) is 46.0 Å². The van der Waals surface area contributed by atoms with Crippen molar-refractivity contribution in [1.29, 1.82) is 0 Å². The lowest BCUT2D eigenvalue weighted by molar-refractivity contribution is -0.125. The molecule has 2 atom stereocenters. The molecule has 3 aliphatic rings. The van der Waals surface area contributed by atoms with Crippen LogP contribution in [0.5, 0.6) is 5.75 Å². The van der Waals surface area contributed by atoms with E-state index >= 15 is 0 Å². The third-order valence-electron chi connectivity index (χ3n) is 10.1. The summed E-state index contributed by atoms with van der Waals surface area (Å²) in [6.45, 7) is -0.334. The Kier molecular flexibility index (Phi) is 11.4. The molecule has 11 nitrogen and oxygen atoms in total. The van der Waals surface area contributed by atoms with Gasteiger partial charge in [-0.1, -0.05) is 42.5 Å². The van der Waals surface area contributed by atoms with Crippen LogP contribution in [0.15, 0.2) is 82.6 Å². The highest BCUT2D eigenvalue weighted by Gasteiger charge is 2.54. The molecule has 3 aromatic carbocycles. The average Bonchev–Trinajstić information content (AvgIpc) is 3.86. The number of nitrogens with zero attached hydrogens (tertiary/aromatic N) is 1. The van der Waals surface area contributed by atoms with Gasteiger partial charge in [-0.15, -0.1) is 0 Å². The molecule has 3 fully saturated rings. The Bertz CT molecular complexity index is 1920. The highest BCUT2D eigenvalue weighted by Crippen LogP contribution is 2.46. The first-order valence-corrected chi connectivity index (χ1v) is 20.2. The molecule has 284 valence electrons. The van der Waals surface area contributed by atoms with Crippen LogP contribution in [-0.2, 0) is 31.1 Å². The topological polar surface area (TPSA) is 154 Å². The Labute approximate surface area is 302 Å². The number of aliphatic hydroxyl groups is 2. The number of piperidine rings is 1. The number of benzene rings is 3. The van der Waals surface area contributed by atoms with Crippen molar-refractivity contribution in [2.45, 2.75) is 77.1 Å². The van der Waals surface area contributed by atoms with E-state index in [1.54, 1.807) is 60.7 Å². The van der Waals surface area contributed by atoms with Gasteiger partial charge in [0, 0.05) is 32.2 Å². The van der Waals surface area contributed by atoms with Crippen molar-refractivity contribution in [1.82, 2.24) is 14.9 Å². The van der Waals surface area contributed by atoms with Crippen molar-refractivity contribution in [3.63, 3.8) is 0 Å². The van der Waals surface area contributed by atoms with E-state index in [1.807, 2.05) is 0 Å². The summed E-state index contributed by atoms with van der Waals surface area (Å²) in [4.78, 5) is 0.236. The fourth-order valence-electron chi connectivity index (χ4n) is 6.79. The predicted molar refractivity (Wildman–Crippen MR) is 187 cm³/mol. The third kappa shape index (κ3) is 8.81. The number of hydrogen-bond donors (Lipinski definition) is 4. The van der Waals surface area contributed by atoms with Crippen LogP contribution in [0.1, 0.15) is 37.7 Å². The van der Waals surface area contributed by atoms with E-state index in [0.29, 0.717) is 55.6 Å². The predicted octanol–water partition coefficient (Wildman–Crippen LogP) is 3.65. The van der Waals surface area contributed by atoms with Crippen LogP contribution in [0.3, 0.4) is 0 Å². The molecule has 52 heavy (non-hydrogen) atoms. The molecule has 3 aromatic rings. The average molecular weight is 768 g/mol. The van der Waals surface area contributed by atoms with Gasteiger partial charge in [-0.3, -0.25) is 0 Å². The Morgan fingerprint density at radius 3 is 2.29 bits per heavy atom. The lowest BCUT2D eigenvalue weighted by atomic mass is 9.88. The number of aliphatic hydroxyl groups excluding tert-OH is 2. The number of halogens is 3. The lowest BCUT2D eigenvalue weighted by Gasteiger charge is -2.38. The molecular weight excluding hydrogens is 724 g/mol. The number of nitrogens with one attached hydrogen (secondary N) is 2. The highest BCUT2D eigenvalue weighted by molar-refractivity contribution is 7.93. The number of alkyl halides is 3. The molecule has 1 saturated carbocycles. The van der Waals surface area contributed by atoms with E-state index in [2.05, 4.69) is 10.6 Å². The van der Waals surface area contributed by atoms with Crippen LogP contribution in [0.25, 0.3) is 11.1 Å². The van der Waals surface area contributed by atoms with Crippen LogP contribution in [0.4, 0.5) is 13.2 Å². The zero-order valence-corrected chi connectivity index (χ0v) is 30.1. The first-order chi connectivity index (χ1) is 24.6. The largest absolute Gasteiger partial charge is 0.491 e. The second kappa shape index (κ2) is 15.3. The maximum absolute atomic E-state index is 13.7. The number of sulfone groups is 1. The second-order valence-electron chi connectivity index (χ2n) is 13.9. The van der Waals surface area contributed by atoms with Gasteiger partial charge < -0.3 is 30.3 Å². The molecule has 4 N–H and O–H groups in total. The molecule has 0 aromatic heterocycles. The minimum Gasteiger partial charge on any atom is -0.491 e. The van der Waals surface area contributed by atoms with Gasteiger partial charge in [0.2, 0.25) is 10.0 Å². The summed E-state index contributed by atoms with van der Waals surface area (Å²) >= 11 is 0. The molecule has 0 bridgehead atoms. The Morgan fingerprint density at radius 1 is 0.923 bits per heavy atom. The van der Waals surface area contributed by atoms with Gasteiger partial charge in [-0.25, -0.2) is 16.8 Å². The lowest BCUT2D eigenvalue weighted by Crippen LogP contribution is -2.47. The smallest absolute Gasteiger partial charge is 0.401 e. The Morgan fingerprint density at radius 2 is 1.62 bits per heavy atom. The van der Waals surface area contributed by atoms with Gasteiger partial charge in [0.05, 0.1) is 39.9 Å². The summed E-state index contributed by atoms with van der Waals surface area (Å²) in [5.41, 5.74) is 1.62. The van der Waals surface area contributed by atoms with Gasteiger partial charge in [-0.05, 0) is 79.1 Å². The summed E-state index contributed by atoms with van der Waals surface area (Å²) in [7, 11) is -7.50. The van der Waals surface area contributed by atoms with Crippen LogP contribution in [0.2, 0.25) is 0 Å². The van der Waals surface area contributed by atoms with Crippen LogP contribution in [0, 0.1) is 0 Å². The zero-order valence-electron chi connectivity index (χ0n) is 28.5. The number of hydrogen-bond acceptors (Lipinski definition) is 10. The van der Waals surface area contributed by atoms with E-state index in [9.17, 15) is 40.2 Å². The van der Waals surface area contributed by atoms with E-state index in [0.717, 1.165) is 5.56 Å². The Balaban J connectivity index is 0.961. The first kappa shape index (κ1) is 38.6. The maximum Gasteiger partial charge on any atom is 0.401 e. The van der Waals surface area contributed by atoms with E-state index in [-0.39, 0.29) is 48.6 Å². The van der Waals surface area contributed by atoms with E-state index in [1.165, 1.54) is 16.4 Å². The maximum atomic E-state index is 13.7. The Hall–Kier alpha value is -3.09. The van der Waals surface area contributed by atoms with E-state index < -0.39 is 55.6 Å². The fourth-order valence-corrected chi connectivity index (χ4v) is 10.1. The second-order valence-corrected chi connectivity index (χ2v) is 18.2. The summed E-state index contributed by atoms with van der Waals surface area (Å²) in [5.74, 6) is 0.304. The van der Waals surface area contributed by atoms with Crippen molar-refractivity contribution in [2.24, 2.45) is 0 Å². The molecule has 0 amide bonds. The fraction of sp³-hybridized carbons (Fsp3) is 0.500. The summed E-state index contributed by atoms with van der Waals surface area (Å²) in [5, 5.41) is 25.8. The quantitative estimate of drug-likeness (QED) is 0.180. The summed E-state index contributed by atoms with van der Waals surface area (Å²) in [6, 6.07) is 19.6. The molecule has 1 unspecified atom stereocenters. The van der Waals surface area contributed by atoms with Crippen molar-refractivity contribution >= 4 is 19.9 Å². The van der Waals surface area contributed by atoms with Crippen LogP contribution in [-0.4, -0.2) is 106 Å². The molecule has 0 radical (unpaired) electrons. The molecular formula is C36H44F3N3O8S2. The molecule has 2 heterocycles. The monoisotopic (exact) mass is 767 g/mol. The van der Waals surface area contributed by atoms with Gasteiger partial charge in [0.25, 0.3) is 0 Å². The molecule has 2 saturated heterocycles. The van der Waals surface area contributed by atoms with Gasteiger partial charge in [-0.2, -0.15) is 17.5 Å². The highest BCUT2D eigenvalue weighted by atomic mass is 32.2. The van der Waals surface area contributed by atoms with Crippen molar-refractivity contribution in [3.8, 4) is 16.9 Å². The standard InChI is InChI=1S/C36H44F3N3O8S2/c37-36(38,39)24-40-20-26-7-9-27(10-8-26)28-3-1-6-33(17-28)52(47,48)42-15-13-34(14-16-42)19-29(22-50-34)41-21-30(44)23-49-31-4-2-5-32(18-31)51(45,46)35(25-43)11-12-35/h1-10,17-18,29-30,40-41,43-44H,11-16,19-25H2/t29-,30?/m1/s1. The number of sulfonamides is 1. The number of rotatable bonds is 15. The molecule has 16 heteroatoms. The molecule has 6 rings (SSSR count). The SMILES string of the molecule is O=S(=O)(c1cccc(-c2ccc(CNCC(F)(F)F)cc2)c1)N1CCC2(CC1)C[C@@H](NCC(O)COc1cccc(S(=O)(=O)C3(CO)CC3)c1)CO2. The van der Waals surface area contributed by atoms with Gasteiger partial charge in [0.15, 0.2) is 9.84 Å². The third-order valence-corrected chi connectivity index (χ3v) is 14.6. The minimum atomic E-state index is -4.29. The first-order valence-electron chi connectivity index (χ1n) is 17.2. The number of ether oxygens (including phenoxy) is 2. The molecule has 2 aliphatic heterocycles. The zero-order chi connectivity index (χ0) is 37.2. The summed E-state index contributed by atoms with van der Waals surface area (Å²) in [6.07, 6.45) is -2.67.